The number of aliphatic carboxylic acids is 1. The smallest absolute Gasteiger partial charge is 0.329 e. The molecular weight excluding hydrogens is 306 g/mol. The number of carbonyl (C=O) groups is 2. The van der Waals surface area contributed by atoms with E-state index in [0.29, 0.717) is 0 Å². The Bertz CT molecular complexity index is 697. The number of phenolic OH excluding ortho intramolecular Hbond substituents is 1. The van der Waals surface area contributed by atoms with Crippen LogP contribution in [0.3, 0.4) is 0 Å². The number of rotatable bonds is 7. The van der Waals surface area contributed by atoms with Crippen LogP contribution in [-0.2, 0) is 22.4 Å². The molecule has 1 amide bonds. The lowest BCUT2D eigenvalue weighted by atomic mass is 9.87. The Labute approximate surface area is 141 Å². The summed E-state index contributed by atoms with van der Waals surface area (Å²) in [6, 6.07) is 15.5. The van der Waals surface area contributed by atoms with Crippen molar-refractivity contribution in [2.75, 3.05) is 0 Å². The topological polar surface area (TPSA) is 86.6 Å². The molecule has 2 aromatic rings. The highest BCUT2D eigenvalue weighted by Crippen LogP contribution is 2.20. The number of phenols is 1. The summed E-state index contributed by atoms with van der Waals surface area (Å²) in [5.74, 6) is -1.28. The zero-order valence-corrected chi connectivity index (χ0v) is 13.5. The van der Waals surface area contributed by atoms with Crippen molar-refractivity contribution >= 4 is 11.9 Å². The van der Waals surface area contributed by atoms with E-state index in [9.17, 15) is 19.8 Å². The monoisotopic (exact) mass is 327 g/mol. The molecule has 0 aliphatic carbocycles. The fourth-order valence-corrected chi connectivity index (χ4v) is 2.59. The van der Waals surface area contributed by atoms with Crippen molar-refractivity contribution in [3.8, 4) is 5.75 Å². The number of hydrogen-bond acceptors (Lipinski definition) is 3. The van der Waals surface area contributed by atoms with Gasteiger partial charge < -0.3 is 15.5 Å². The number of carboxylic acid groups (broad SMARTS) is 1. The van der Waals surface area contributed by atoms with Crippen LogP contribution in [0, 0.1) is 0 Å². The van der Waals surface area contributed by atoms with Gasteiger partial charge >= 0.3 is 5.97 Å². The van der Waals surface area contributed by atoms with Gasteiger partial charge in [0.2, 0.25) is 5.91 Å². The minimum absolute atomic E-state index is 0.115. The number of aromatic hydroxyl groups is 1. The molecule has 0 radical (unpaired) electrons. The van der Waals surface area contributed by atoms with Crippen LogP contribution >= 0.6 is 0 Å². The number of hydrogen-bond donors (Lipinski definition) is 3. The molecule has 5 heteroatoms. The molecule has 0 saturated carbocycles. The predicted octanol–water partition coefficient (Wildman–Crippen LogP) is 2.53. The molecule has 0 saturated heterocycles. The van der Waals surface area contributed by atoms with Crippen LogP contribution in [0.25, 0.3) is 0 Å². The van der Waals surface area contributed by atoms with Crippen molar-refractivity contribution in [1.82, 2.24) is 5.32 Å². The van der Waals surface area contributed by atoms with Gasteiger partial charge in [-0.15, -0.1) is 0 Å². The fourth-order valence-electron chi connectivity index (χ4n) is 2.59. The SMILES string of the molecule is CCC(Cc1ccc(O)cc1)(NC(=O)Cc1ccccc1)C(=O)O. The van der Waals surface area contributed by atoms with Gasteiger partial charge in [0.25, 0.3) is 0 Å². The zero-order chi connectivity index (χ0) is 17.6. The van der Waals surface area contributed by atoms with E-state index < -0.39 is 11.5 Å². The van der Waals surface area contributed by atoms with Gasteiger partial charge in [-0.2, -0.15) is 0 Å². The molecule has 0 aromatic heterocycles. The molecule has 3 N–H and O–H groups in total. The van der Waals surface area contributed by atoms with Gasteiger partial charge in [0.1, 0.15) is 11.3 Å². The summed E-state index contributed by atoms with van der Waals surface area (Å²) in [6.07, 6.45) is 0.537. The molecule has 1 atom stereocenters. The molecule has 0 aliphatic rings. The zero-order valence-electron chi connectivity index (χ0n) is 13.5. The molecule has 5 nitrogen and oxygen atoms in total. The lowest BCUT2D eigenvalue weighted by Gasteiger charge is -2.29. The van der Waals surface area contributed by atoms with Crippen LogP contribution in [-0.4, -0.2) is 27.6 Å². The minimum atomic E-state index is -1.37. The number of nitrogens with one attached hydrogen (secondary N) is 1. The fraction of sp³-hybridized carbons (Fsp3) is 0.263. The molecular formula is C19H21NO4. The van der Waals surface area contributed by atoms with Gasteiger partial charge in [-0.1, -0.05) is 49.4 Å². The summed E-state index contributed by atoms with van der Waals surface area (Å²) in [7, 11) is 0. The second-order valence-electron chi connectivity index (χ2n) is 5.79. The minimum Gasteiger partial charge on any atom is -0.508 e. The van der Waals surface area contributed by atoms with Crippen LogP contribution in [0.4, 0.5) is 0 Å². The Kier molecular flexibility index (Phi) is 5.58. The Morgan fingerprint density at radius 1 is 1.00 bits per heavy atom. The van der Waals surface area contributed by atoms with Crippen molar-refractivity contribution in [3.63, 3.8) is 0 Å². The normalized spacial score (nSPS) is 13.0. The second-order valence-corrected chi connectivity index (χ2v) is 5.79. The maximum absolute atomic E-state index is 12.3. The van der Waals surface area contributed by atoms with E-state index >= 15 is 0 Å². The third-order valence-electron chi connectivity index (χ3n) is 4.04. The summed E-state index contributed by atoms with van der Waals surface area (Å²) in [5.41, 5.74) is 0.190. The third kappa shape index (κ3) is 4.35. The molecule has 24 heavy (non-hydrogen) atoms. The molecule has 0 spiro atoms. The van der Waals surface area contributed by atoms with Gasteiger partial charge in [-0.05, 0) is 29.7 Å². The molecule has 0 fully saturated rings. The standard InChI is InChI=1S/C19H21NO4/c1-2-19(18(23)24,13-15-8-10-16(21)11-9-15)20-17(22)12-14-6-4-3-5-7-14/h3-11,21H,2,12-13H2,1H3,(H,20,22)(H,23,24). The van der Waals surface area contributed by atoms with Crippen LogP contribution < -0.4 is 5.32 Å². The van der Waals surface area contributed by atoms with Gasteiger partial charge in [0.15, 0.2) is 0 Å². The van der Waals surface area contributed by atoms with E-state index in [1.807, 2.05) is 30.3 Å². The van der Waals surface area contributed by atoms with Crippen LogP contribution in [0.15, 0.2) is 54.6 Å². The number of amides is 1. The van der Waals surface area contributed by atoms with Crippen molar-refractivity contribution in [1.29, 1.82) is 0 Å². The Morgan fingerprint density at radius 3 is 2.17 bits per heavy atom. The van der Waals surface area contributed by atoms with Crippen LogP contribution in [0.5, 0.6) is 5.75 Å². The predicted molar refractivity (Wildman–Crippen MR) is 90.8 cm³/mol. The van der Waals surface area contributed by atoms with Crippen molar-refractivity contribution in [2.24, 2.45) is 0 Å². The molecule has 2 aromatic carbocycles. The highest BCUT2D eigenvalue weighted by atomic mass is 16.4. The average molecular weight is 327 g/mol. The first-order chi connectivity index (χ1) is 11.4. The van der Waals surface area contributed by atoms with Crippen molar-refractivity contribution < 1.29 is 19.8 Å². The molecule has 0 aliphatic heterocycles. The van der Waals surface area contributed by atoms with E-state index in [1.165, 1.54) is 12.1 Å². The highest BCUT2D eigenvalue weighted by Gasteiger charge is 2.38. The van der Waals surface area contributed by atoms with E-state index in [4.69, 9.17) is 0 Å². The van der Waals surface area contributed by atoms with Gasteiger partial charge in [0.05, 0.1) is 6.42 Å². The van der Waals surface area contributed by atoms with Gasteiger partial charge in [-0.25, -0.2) is 4.79 Å². The number of carbonyl (C=O) groups excluding carboxylic acids is 1. The first-order valence-corrected chi connectivity index (χ1v) is 7.81. The lowest BCUT2D eigenvalue weighted by Crippen LogP contribution is -2.56. The molecule has 0 bridgehead atoms. The van der Waals surface area contributed by atoms with Crippen molar-refractivity contribution in [2.45, 2.75) is 31.7 Å². The quantitative estimate of drug-likeness (QED) is 0.729. The maximum Gasteiger partial charge on any atom is 0.329 e. The Morgan fingerprint density at radius 2 is 1.62 bits per heavy atom. The first kappa shape index (κ1) is 17.5. The van der Waals surface area contributed by atoms with E-state index in [2.05, 4.69) is 5.32 Å². The van der Waals surface area contributed by atoms with Crippen molar-refractivity contribution in [3.05, 3.63) is 65.7 Å². The van der Waals surface area contributed by atoms with Gasteiger partial charge in [-0.3, -0.25) is 4.79 Å². The van der Waals surface area contributed by atoms with E-state index in [1.54, 1.807) is 19.1 Å². The van der Waals surface area contributed by atoms with Crippen LogP contribution in [0.1, 0.15) is 24.5 Å². The summed E-state index contributed by atoms with van der Waals surface area (Å²) >= 11 is 0. The van der Waals surface area contributed by atoms with Crippen LogP contribution in [0.2, 0.25) is 0 Å². The number of carboxylic acids is 1. The molecule has 126 valence electrons. The highest BCUT2D eigenvalue weighted by molar-refractivity contribution is 5.88. The first-order valence-electron chi connectivity index (χ1n) is 7.81. The molecule has 2 rings (SSSR count). The summed E-state index contributed by atoms with van der Waals surface area (Å²) < 4.78 is 0. The summed E-state index contributed by atoms with van der Waals surface area (Å²) in [4.78, 5) is 24.2. The number of benzene rings is 2. The summed E-state index contributed by atoms with van der Waals surface area (Å²) in [5, 5.41) is 21.7. The van der Waals surface area contributed by atoms with Gasteiger partial charge in [0, 0.05) is 6.42 Å². The molecule has 1 unspecified atom stereocenters. The largest absolute Gasteiger partial charge is 0.508 e. The van der Waals surface area contributed by atoms with E-state index in [0.717, 1.165) is 11.1 Å². The van der Waals surface area contributed by atoms with E-state index in [-0.39, 0.29) is 30.9 Å². The lowest BCUT2D eigenvalue weighted by molar-refractivity contribution is -0.147. The average Bonchev–Trinajstić information content (AvgIpc) is 2.57. The molecule has 0 heterocycles. The third-order valence-corrected chi connectivity index (χ3v) is 4.04. The Hall–Kier alpha value is -2.82. The second kappa shape index (κ2) is 7.64. The maximum atomic E-state index is 12.3. The Balaban J connectivity index is 2.16. The summed E-state index contributed by atoms with van der Waals surface area (Å²) in [6.45, 7) is 1.73.